The number of amides is 2. The van der Waals surface area contributed by atoms with Gasteiger partial charge in [0.25, 0.3) is 0 Å². The third kappa shape index (κ3) is 10.7. The zero-order valence-electron chi connectivity index (χ0n) is 25.8. The van der Waals surface area contributed by atoms with Crippen molar-refractivity contribution in [2.24, 2.45) is 0 Å². The second kappa shape index (κ2) is 19.0. The van der Waals surface area contributed by atoms with Crippen LogP contribution in [-0.4, -0.2) is 75.8 Å². The minimum Gasteiger partial charge on any atom is -0.453 e. The molecule has 4 unspecified atom stereocenters. The number of ether oxygens (including phenoxy) is 1. The van der Waals surface area contributed by atoms with Gasteiger partial charge in [-0.25, -0.2) is 13.3 Å². The van der Waals surface area contributed by atoms with Crippen molar-refractivity contribution in [2.75, 3.05) is 26.9 Å². The number of hydrogen-bond acceptors (Lipinski definition) is 6. The average molecular weight is 642 g/mol. The number of benzene rings is 3. The monoisotopic (exact) mass is 641 g/mol. The molecular weight excluding hydrogens is 597 g/mol. The number of rotatable bonds is 18. The minimum atomic E-state index is -1.64. The van der Waals surface area contributed by atoms with Crippen LogP contribution in [0.2, 0.25) is 0 Å². The lowest BCUT2D eigenvalue weighted by Crippen LogP contribution is -2.52. The Morgan fingerprint density at radius 1 is 0.889 bits per heavy atom. The molecule has 0 aliphatic rings. The first-order valence-electron chi connectivity index (χ1n) is 15.1. The van der Waals surface area contributed by atoms with Crippen LogP contribution in [0, 0.1) is 0 Å². The van der Waals surface area contributed by atoms with E-state index in [0.717, 1.165) is 11.1 Å². The van der Waals surface area contributed by atoms with Crippen molar-refractivity contribution in [3.8, 4) is 0 Å². The molecule has 45 heavy (non-hydrogen) atoms. The number of halogens is 1. The van der Waals surface area contributed by atoms with Crippen molar-refractivity contribution in [3.05, 3.63) is 102 Å². The fourth-order valence-electron chi connectivity index (χ4n) is 5.24. The lowest BCUT2D eigenvalue weighted by Gasteiger charge is -2.30. The number of alkyl halides is 1. The molecule has 2 amide bonds. The molecule has 0 saturated heterocycles. The summed E-state index contributed by atoms with van der Waals surface area (Å²) in [6.45, 7) is 1.08. The zero-order chi connectivity index (χ0) is 32.6. The van der Waals surface area contributed by atoms with E-state index >= 15 is 0 Å². The lowest BCUT2D eigenvalue weighted by molar-refractivity contribution is -0.124. The molecule has 4 N–H and O–H groups in total. The molecule has 244 valence electrons. The van der Waals surface area contributed by atoms with Gasteiger partial charge in [-0.3, -0.25) is 9.18 Å². The molecule has 11 heteroatoms. The number of aliphatic hydroxyl groups excluding tert-OH is 2. The van der Waals surface area contributed by atoms with Gasteiger partial charge in [-0.2, -0.15) is 0 Å². The second-order valence-corrected chi connectivity index (χ2v) is 12.3. The van der Waals surface area contributed by atoms with E-state index in [0.29, 0.717) is 29.7 Å². The van der Waals surface area contributed by atoms with Gasteiger partial charge in [-0.1, -0.05) is 72.8 Å². The van der Waals surface area contributed by atoms with Gasteiger partial charge in [0.1, 0.15) is 17.0 Å². The van der Waals surface area contributed by atoms with Crippen LogP contribution in [0.4, 0.5) is 9.18 Å². The summed E-state index contributed by atoms with van der Waals surface area (Å²) in [7, 11) is -0.389. The van der Waals surface area contributed by atoms with E-state index in [1.165, 1.54) is 7.11 Å². The summed E-state index contributed by atoms with van der Waals surface area (Å²) in [6, 6.07) is 23.9. The summed E-state index contributed by atoms with van der Waals surface area (Å²) >= 11 is 0. The van der Waals surface area contributed by atoms with E-state index in [4.69, 9.17) is 4.74 Å². The Kier molecular flexibility index (Phi) is 15.1. The SMILES string of the molecule is COC(=O)NC(C(=O)NC(C)CCCC(CO)N(CCCF)S(=O)c1ccc(CO)cc1)C(c1ccccc1)c1ccccc1. The zero-order valence-corrected chi connectivity index (χ0v) is 26.6. The molecule has 0 saturated carbocycles. The topological polar surface area (TPSA) is 128 Å². The summed E-state index contributed by atoms with van der Waals surface area (Å²) in [4.78, 5) is 26.6. The molecule has 0 aliphatic heterocycles. The van der Waals surface area contributed by atoms with Gasteiger partial charge in [0, 0.05) is 24.5 Å². The standard InChI is InChI=1S/C34H44FN3O6S/c1-25(11-9-16-29(24-40)38(22-10-21-35)45(43)30-19-17-26(23-39)18-20-30)36-33(41)32(37-34(42)44-2)31(27-12-5-3-6-13-27)28-14-7-4-8-15-28/h3-8,12-15,17-20,25,29,31-32,39-40H,9-11,16,21-24H2,1-2H3,(H,36,41)(H,37,42). The Hall–Kier alpha value is -3.64. The molecule has 0 bridgehead atoms. The summed E-state index contributed by atoms with van der Waals surface area (Å²) in [6.07, 6.45) is 1.03. The third-order valence-corrected chi connectivity index (χ3v) is 9.19. The maximum atomic E-state index is 13.7. The number of alkyl carbamates (subject to hydrolysis) is 1. The van der Waals surface area contributed by atoms with Gasteiger partial charge in [0.2, 0.25) is 5.91 Å². The Morgan fingerprint density at radius 2 is 1.49 bits per heavy atom. The van der Waals surface area contributed by atoms with Crippen molar-refractivity contribution < 1.29 is 33.1 Å². The first-order valence-corrected chi connectivity index (χ1v) is 16.2. The summed E-state index contributed by atoms with van der Waals surface area (Å²) in [5.74, 6) is -0.857. The van der Waals surface area contributed by atoms with E-state index in [-0.39, 0.29) is 38.1 Å². The molecule has 0 aromatic heterocycles. The van der Waals surface area contributed by atoms with Crippen LogP contribution >= 0.6 is 0 Å². The van der Waals surface area contributed by atoms with E-state index in [1.54, 1.807) is 28.6 Å². The van der Waals surface area contributed by atoms with Crippen molar-refractivity contribution in [1.82, 2.24) is 14.9 Å². The maximum Gasteiger partial charge on any atom is 0.407 e. The Labute approximate surface area is 267 Å². The predicted molar refractivity (Wildman–Crippen MR) is 172 cm³/mol. The van der Waals surface area contributed by atoms with Gasteiger partial charge in [0.05, 0.1) is 31.9 Å². The lowest BCUT2D eigenvalue weighted by atomic mass is 9.84. The van der Waals surface area contributed by atoms with Crippen LogP contribution in [0.25, 0.3) is 0 Å². The van der Waals surface area contributed by atoms with E-state index in [2.05, 4.69) is 10.6 Å². The summed E-state index contributed by atoms with van der Waals surface area (Å²) in [5, 5.41) is 25.3. The van der Waals surface area contributed by atoms with Crippen molar-refractivity contribution in [3.63, 3.8) is 0 Å². The van der Waals surface area contributed by atoms with Crippen LogP contribution in [0.5, 0.6) is 0 Å². The molecule has 0 aliphatic carbocycles. The average Bonchev–Trinajstić information content (AvgIpc) is 3.07. The van der Waals surface area contributed by atoms with Crippen LogP contribution < -0.4 is 10.6 Å². The molecular formula is C34H44FN3O6S. The molecule has 0 radical (unpaired) electrons. The summed E-state index contributed by atoms with van der Waals surface area (Å²) in [5.41, 5.74) is 2.39. The number of nitrogens with zero attached hydrogens (tertiary/aromatic N) is 1. The molecule has 3 aromatic rings. The highest BCUT2D eigenvalue weighted by Gasteiger charge is 2.33. The van der Waals surface area contributed by atoms with Crippen LogP contribution in [0.15, 0.2) is 89.8 Å². The Balaban J connectivity index is 1.70. The fourth-order valence-corrected chi connectivity index (χ4v) is 6.62. The van der Waals surface area contributed by atoms with Crippen LogP contribution in [-0.2, 0) is 27.1 Å². The van der Waals surface area contributed by atoms with Crippen molar-refractivity contribution in [2.45, 2.75) is 68.2 Å². The van der Waals surface area contributed by atoms with E-state index < -0.39 is 41.8 Å². The molecule has 3 rings (SSSR count). The number of aliphatic hydroxyl groups is 2. The van der Waals surface area contributed by atoms with Crippen molar-refractivity contribution in [1.29, 1.82) is 0 Å². The highest BCUT2D eigenvalue weighted by molar-refractivity contribution is 7.82. The normalized spacial score (nSPS) is 14.0. The largest absolute Gasteiger partial charge is 0.453 e. The van der Waals surface area contributed by atoms with Crippen molar-refractivity contribution >= 4 is 23.0 Å². The highest BCUT2D eigenvalue weighted by Crippen LogP contribution is 2.29. The fraction of sp³-hybridized carbons (Fsp3) is 0.412. The van der Waals surface area contributed by atoms with Crippen LogP contribution in [0.3, 0.4) is 0 Å². The first kappa shape index (κ1) is 35.8. The van der Waals surface area contributed by atoms with E-state index in [1.807, 2.05) is 67.6 Å². The number of hydrogen-bond donors (Lipinski definition) is 4. The molecule has 0 heterocycles. The second-order valence-electron chi connectivity index (χ2n) is 10.8. The van der Waals surface area contributed by atoms with E-state index in [9.17, 15) is 28.4 Å². The maximum absolute atomic E-state index is 13.7. The Bertz CT molecular complexity index is 1290. The number of carbonyl (C=O) groups is 2. The molecule has 3 aromatic carbocycles. The van der Waals surface area contributed by atoms with Gasteiger partial charge >= 0.3 is 6.09 Å². The third-order valence-electron chi connectivity index (χ3n) is 7.61. The molecule has 0 spiro atoms. The van der Waals surface area contributed by atoms with Gasteiger partial charge in [0.15, 0.2) is 0 Å². The highest BCUT2D eigenvalue weighted by atomic mass is 32.2. The smallest absolute Gasteiger partial charge is 0.407 e. The number of carbonyl (C=O) groups excluding carboxylic acids is 2. The number of nitrogens with one attached hydrogen (secondary N) is 2. The van der Waals surface area contributed by atoms with Gasteiger partial charge < -0.3 is 25.6 Å². The Morgan fingerprint density at radius 3 is 2.00 bits per heavy atom. The predicted octanol–water partition coefficient (Wildman–Crippen LogP) is 4.46. The van der Waals surface area contributed by atoms with Crippen LogP contribution in [0.1, 0.15) is 55.2 Å². The van der Waals surface area contributed by atoms with Gasteiger partial charge in [-0.15, -0.1) is 0 Å². The number of methoxy groups -OCH3 is 1. The molecule has 9 nitrogen and oxygen atoms in total. The quantitative estimate of drug-likeness (QED) is 0.163. The molecule has 0 fully saturated rings. The molecule has 4 atom stereocenters. The minimum absolute atomic E-state index is 0.134. The first-order chi connectivity index (χ1) is 21.8. The van der Waals surface area contributed by atoms with Gasteiger partial charge in [-0.05, 0) is 61.4 Å². The summed E-state index contributed by atoms with van der Waals surface area (Å²) < 4.78 is 33.0.